The average Bonchev–Trinajstić information content (AvgIpc) is 3.03. The second-order valence-electron chi connectivity index (χ2n) is 9.17. The highest BCUT2D eigenvalue weighted by molar-refractivity contribution is 5.79. The number of hydrogen-bond acceptors (Lipinski definition) is 3. The molecule has 31 heavy (non-hydrogen) atoms. The van der Waals surface area contributed by atoms with E-state index in [1.54, 1.807) is 0 Å². The van der Waals surface area contributed by atoms with Crippen molar-refractivity contribution in [2.24, 2.45) is 0 Å². The Kier molecular flexibility index (Phi) is 6.03. The fourth-order valence-electron chi connectivity index (χ4n) is 5.38. The predicted molar refractivity (Wildman–Crippen MR) is 114 cm³/mol. The van der Waals surface area contributed by atoms with Crippen LogP contribution in [0.2, 0.25) is 0 Å². The van der Waals surface area contributed by atoms with E-state index in [1.165, 1.54) is 12.5 Å². The Morgan fingerprint density at radius 2 is 1.74 bits per heavy atom. The minimum absolute atomic E-state index is 0.181. The Bertz CT molecular complexity index is 936. The molecule has 0 saturated carbocycles. The average molecular weight is 437 g/mol. The van der Waals surface area contributed by atoms with E-state index in [0.717, 1.165) is 62.2 Å². The quantitative estimate of drug-likeness (QED) is 0.695. The Morgan fingerprint density at radius 3 is 2.35 bits per heavy atom. The number of piperidine rings is 2. The van der Waals surface area contributed by atoms with Crippen molar-refractivity contribution < 1.29 is 18.0 Å². The maximum Gasteiger partial charge on any atom is 0.416 e. The summed E-state index contributed by atoms with van der Waals surface area (Å²) in [6.45, 7) is 8.16. The van der Waals surface area contributed by atoms with Crippen LogP contribution in [0.25, 0.3) is 11.0 Å². The zero-order chi connectivity index (χ0) is 22.3. The normalized spacial score (nSPS) is 24.1. The van der Waals surface area contributed by atoms with Crippen LogP contribution in [0.15, 0.2) is 18.2 Å². The third-order valence-corrected chi connectivity index (χ3v) is 6.96. The van der Waals surface area contributed by atoms with Gasteiger partial charge in [0.05, 0.1) is 23.1 Å². The number of hydrogen-bond donors (Lipinski definition) is 0. The van der Waals surface area contributed by atoms with E-state index >= 15 is 0 Å². The molecule has 0 spiro atoms. The molecule has 1 aromatic heterocycles. The molecule has 0 N–H and O–H groups in total. The molecule has 0 radical (unpaired) electrons. The van der Waals surface area contributed by atoms with Crippen molar-refractivity contribution >= 4 is 16.9 Å². The molecule has 170 valence electrons. The lowest BCUT2D eigenvalue weighted by atomic mass is 9.97. The molecular formula is C23H31F3N4O. The fourth-order valence-corrected chi connectivity index (χ4v) is 5.38. The number of likely N-dealkylation sites (tertiary alicyclic amines) is 2. The van der Waals surface area contributed by atoms with Gasteiger partial charge >= 0.3 is 6.18 Å². The lowest BCUT2D eigenvalue weighted by Crippen LogP contribution is -2.51. The molecule has 2 aromatic rings. The first-order chi connectivity index (χ1) is 14.6. The molecule has 3 heterocycles. The number of fused-ring (bicyclic) bond motifs is 1. The van der Waals surface area contributed by atoms with Crippen molar-refractivity contribution in [3.05, 3.63) is 29.6 Å². The molecule has 5 nitrogen and oxygen atoms in total. The van der Waals surface area contributed by atoms with Gasteiger partial charge in [-0.25, -0.2) is 4.98 Å². The Labute approximate surface area is 181 Å². The first-order valence-electron chi connectivity index (χ1n) is 11.2. The Hall–Kier alpha value is -2.09. The van der Waals surface area contributed by atoms with Crippen LogP contribution in [0, 0.1) is 6.92 Å². The molecule has 2 saturated heterocycles. The van der Waals surface area contributed by atoms with Gasteiger partial charge in [0.25, 0.3) is 0 Å². The van der Waals surface area contributed by atoms with Gasteiger partial charge in [-0.3, -0.25) is 9.69 Å². The number of amides is 1. The van der Waals surface area contributed by atoms with Gasteiger partial charge in [0.2, 0.25) is 5.91 Å². The van der Waals surface area contributed by atoms with Crippen LogP contribution < -0.4 is 0 Å². The number of carbonyl (C=O) groups is 1. The SMILES string of the molecule is Cc1nc2cc(C(F)(F)F)ccc2n1C1CCN(CC(=O)N2C(C)CCCC2C)CC1. The minimum Gasteiger partial charge on any atom is -0.336 e. The number of nitrogens with zero attached hydrogens (tertiary/aromatic N) is 4. The van der Waals surface area contributed by atoms with E-state index in [2.05, 4.69) is 33.2 Å². The van der Waals surface area contributed by atoms with E-state index in [4.69, 9.17) is 0 Å². The highest BCUT2D eigenvalue weighted by atomic mass is 19.4. The first kappa shape index (κ1) is 22.1. The predicted octanol–water partition coefficient (Wildman–Crippen LogP) is 4.79. The molecule has 2 aliphatic rings. The summed E-state index contributed by atoms with van der Waals surface area (Å²) in [6, 6.07) is 4.58. The van der Waals surface area contributed by atoms with Crippen LogP contribution in [-0.4, -0.2) is 57.0 Å². The monoisotopic (exact) mass is 436 g/mol. The van der Waals surface area contributed by atoms with Crippen molar-refractivity contribution in [1.82, 2.24) is 19.4 Å². The molecule has 1 aromatic carbocycles. The number of rotatable bonds is 3. The Balaban J connectivity index is 1.42. The first-order valence-corrected chi connectivity index (χ1v) is 11.2. The number of imidazole rings is 1. The van der Waals surface area contributed by atoms with E-state index in [9.17, 15) is 18.0 Å². The van der Waals surface area contributed by atoms with Gasteiger partial charge in [-0.15, -0.1) is 0 Å². The van der Waals surface area contributed by atoms with E-state index in [1.807, 2.05) is 6.92 Å². The molecule has 4 rings (SSSR count). The Morgan fingerprint density at radius 1 is 1.10 bits per heavy atom. The highest BCUT2D eigenvalue weighted by Gasteiger charge is 2.33. The number of benzene rings is 1. The van der Waals surface area contributed by atoms with E-state index < -0.39 is 11.7 Å². The zero-order valence-corrected chi connectivity index (χ0v) is 18.5. The molecule has 2 atom stereocenters. The van der Waals surface area contributed by atoms with Crippen LogP contribution in [0.3, 0.4) is 0 Å². The van der Waals surface area contributed by atoms with Gasteiger partial charge in [0.1, 0.15) is 5.82 Å². The fraction of sp³-hybridized carbons (Fsp3) is 0.652. The van der Waals surface area contributed by atoms with E-state index in [0.29, 0.717) is 24.1 Å². The third kappa shape index (κ3) is 4.45. The number of aryl methyl sites for hydroxylation is 1. The summed E-state index contributed by atoms with van der Waals surface area (Å²) in [5, 5.41) is 0. The van der Waals surface area contributed by atoms with Crippen LogP contribution in [-0.2, 0) is 11.0 Å². The maximum atomic E-state index is 13.0. The molecule has 8 heteroatoms. The van der Waals surface area contributed by atoms with Crippen molar-refractivity contribution in [3.8, 4) is 0 Å². The zero-order valence-electron chi connectivity index (χ0n) is 18.5. The van der Waals surface area contributed by atoms with Crippen LogP contribution in [0.1, 0.15) is 63.4 Å². The summed E-state index contributed by atoms with van der Waals surface area (Å²) in [6.07, 6.45) is 0.660. The third-order valence-electron chi connectivity index (χ3n) is 6.96. The van der Waals surface area contributed by atoms with Crippen molar-refractivity contribution in [2.45, 2.75) is 77.2 Å². The molecule has 0 bridgehead atoms. The lowest BCUT2D eigenvalue weighted by Gasteiger charge is -2.41. The molecule has 2 aliphatic heterocycles. The van der Waals surface area contributed by atoms with Crippen molar-refractivity contribution in [3.63, 3.8) is 0 Å². The summed E-state index contributed by atoms with van der Waals surface area (Å²) in [7, 11) is 0. The second-order valence-corrected chi connectivity index (χ2v) is 9.17. The number of aromatic nitrogens is 2. The summed E-state index contributed by atoms with van der Waals surface area (Å²) < 4.78 is 41.2. The number of alkyl halides is 3. The standard InChI is InChI=1S/C23H31F3N4O/c1-15-5-4-6-16(2)29(15)22(31)14-28-11-9-19(10-12-28)30-17(3)27-20-13-18(23(24,25)26)7-8-21(20)30/h7-8,13,15-16,19H,4-6,9-12,14H2,1-3H3. The number of carbonyl (C=O) groups excluding carboxylic acids is 1. The van der Waals surface area contributed by atoms with Gasteiger partial charge in [-0.1, -0.05) is 0 Å². The van der Waals surface area contributed by atoms with Gasteiger partial charge in [-0.05, 0) is 71.1 Å². The second kappa shape index (κ2) is 8.45. The van der Waals surface area contributed by atoms with Crippen LogP contribution in [0.5, 0.6) is 0 Å². The largest absolute Gasteiger partial charge is 0.416 e. The highest BCUT2D eigenvalue weighted by Crippen LogP contribution is 2.34. The maximum absolute atomic E-state index is 13.0. The molecular weight excluding hydrogens is 405 g/mol. The summed E-state index contributed by atoms with van der Waals surface area (Å²) in [4.78, 5) is 21.6. The lowest BCUT2D eigenvalue weighted by molar-refractivity contribution is -0.139. The minimum atomic E-state index is -4.37. The summed E-state index contributed by atoms with van der Waals surface area (Å²) >= 11 is 0. The van der Waals surface area contributed by atoms with Gasteiger partial charge < -0.3 is 9.47 Å². The van der Waals surface area contributed by atoms with Gasteiger partial charge in [-0.2, -0.15) is 13.2 Å². The molecule has 1 amide bonds. The molecule has 0 aliphatic carbocycles. The van der Waals surface area contributed by atoms with Gasteiger partial charge in [0, 0.05) is 31.2 Å². The van der Waals surface area contributed by atoms with Crippen LogP contribution in [0.4, 0.5) is 13.2 Å². The molecule has 2 fully saturated rings. The summed E-state index contributed by atoms with van der Waals surface area (Å²) in [5.41, 5.74) is 0.466. The van der Waals surface area contributed by atoms with Gasteiger partial charge in [0.15, 0.2) is 0 Å². The topological polar surface area (TPSA) is 41.4 Å². The van der Waals surface area contributed by atoms with Crippen molar-refractivity contribution in [1.29, 1.82) is 0 Å². The smallest absolute Gasteiger partial charge is 0.336 e. The van der Waals surface area contributed by atoms with Crippen LogP contribution >= 0.6 is 0 Å². The van der Waals surface area contributed by atoms with Crippen molar-refractivity contribution in [2.75, 3.05) is 19.6 Å². The summed E-state index contributed by atoms with van der Waals surface area (Å²) in [5.74, 6) is 0.946. The van der Waals surface area contributed by atoms with E-state index in [-0.39, 0.29) is 11.9 Å². The molecule has 2 unspecified atom stereocenters. The number of halogens is 3.